The molecule has 0 N–H and O–H groups in total. The van der Waals surface area contributed by atoms with Crippen LogP contribution in [0.2, 0.25) is 0 Å². The van der Waals surface area contributed by atoms with Crippen LogP contribution in [0.3, 0.4) is 0 Å². The molecule has 0 aromatic carbocycles. The predicted octanol–water partition coefficient (Wildman–Crippen LogP) is 1.09. The van der Waals surface area contributed by atoms with Crippen molar-refractivity contribution in [3.63, 3.8) is 0 Å². The second kappa shape index (κ2) is 6.95. The summed E-state index contributed by atoms with van der Waals surface area (Å²) in [4.78, 5) is 4.99. The van der Waals surface area contributed by atoms with Gasteiger partial charge in [0.15, 0.2) is 0 Å². The molecule has 0 saturated carbocycles. The zero-order valence-corrected chi connectivity index (χ0v) is 10.6. The number of likely N-dealkylation sites (tertiary alicyclic amines) is 1. The second-order valence-electron chi connectivity index (χ2n) is 5.00. The molecule has 0 aliphatic carbocycles. The smallest absolute Gasteiger partial charge is 0.0638 e. The Balaban J connectivity index is 1.73. The van der Waals surface area contributed by atoms with Gasteiger partial charge in [0.1, 0.15) is 0 Å². The topological polar surface area (TPSA) is 39.5 Å². The van der Waals surface area contributed by atoms with E-state index < -0.39 is 0 Å². The van der Waals surface area contributed by atoms with Crippen LogP contribution in [0, 0.1) is 11.3 Å². The van der Waals surface area contributed by atoms with Gasteiger partial charge < -0.3 is 4.74 Å². The summed E-state index contributed by atoms with van der Waals surface area (Å²) in [5.74, 6) is 0. The maximum atomic E-state index is 8.85. The van der Waals surface area contributed by atoms with Crippen molar-refractivity contribution in [1.82, 2.24) is 9.80 Å². The summed E-state index contributed by atoms with van der Waals surface area (Å²) >= 11 is 0. The van der Waals surface area contributed by atoms with E-state index in [0.717, 1.165) is 39.4 Å². The van der Waals surface area contributed by atoms with Gasteiger partial charge in [0, 0.05) is 32.2 Å². The van der Waals surface area contributed by atoms with Crippen LogP contribution in [-0.2, 0) is 4.74 Å². The van der Waals surface area contributed by atoms with Gasteiger partial charge in [-0.3, -0.25) is 9.80 Å². The second-order valence-corrected chi connectivity index (χ2v) is 5.00. The Labute approximate surface area is 104 Å². The summed E-state index contributed by atoms with van der Waals surface area (Å²) < 4.78 is 5.35. The van der Waals surface area contributed by atoms with Crippen LogP contribution in [-0.4, -0.2) is 61.8 Å². The lowest BCUT2D eigenvalue weighted by Crippen LogP contribution is -2.46. The minimum Gasteiger partial charge on any atom is -0.379 e. The van der Waals surface area contributed by atoms with Gasteiger partial charge in [-0.2, -0.15) is 5.26 Å². The number of hydrogen-bond acceptors (Lipinski definition) is 4. The molecule has 2 aliphatic rings. The molecule has 0 radical (unpaired) electrons. The molecule has 96 valence electrons. The molecule has 4 heteroatoms. The first-order valence-corrected chi connectivity index (χ1v) is 6.81. The van der Waals surface area contributed by atoms with Crippen molar-refractivity contribution in [1.29, 1.82) is 5.26 Å². The molecule has 2 aliphatic heterocycles. The highest BCUT2D eigenvalue weighted by Crippen LogP contribution is 2.19. The predicted molar refractivity (Wildman–Crippen MR) is 66.7 cm³/mol. The van der Waals surface area contributed by atoms with Gasteiger partial charge >= 0.3 is 0 Å². The molecular weight excluding hydrogens is 214 g/mol. The standard InChI is InChI=1S/C13H23N3O/c14-5-4-13-3-1-2-6-16(13)8-7-15-9-11-17-12-10-15/h13H,1-4,6-12H2. The third-order valence-electron chi connectivity index (χ3n) is 3.88. The highest BCUT2D eigenvalue weighted by atomic mass is 16.5. The molecule has 0 aromatic heterocycles. The van der Waals surface area contributed by atoms with Crippen LogP contribution in [0.25, 0.3) is 0 Å². The summed E-state index contributed by atoms with van der Waals surface area (Å²) in [6.07, 6.45) is 4.49. The van der Waals surface area contributed by atoms with Gasteiger partial charge in [0.05, 0.1) is 25.7 Å². The molecule has 2 saturated heterocycles. The Morgan fingerprint density at radius 2 is 1.94 bits per heavy atom. The third-order valence-corrected chi connectivity index (χ3v) is 3.88. The Bertz CT molecular complexity index is 258. The summed E-state index contributed by atoms with van der Waals surface area (Å²) in [5.41, 5.74) is 0. The summed E-state index contributed by atoms with van der Waals surface area (Å²) in [5, 5.41) is 8.85. The number of nitriles is 1. The largest absolute Gasteiger partial charge is 0.379 e. The van der Waals surface area contributed by atoms with Crippen LogP contribution in [0.1, 0.15) is 25.7 Å². The highest BCUT2D eigenvalue weighted by Gasteiger charge is 2.22. The summed E-state index contributed by atoms with van der Waals surface area (Å²) in [7, 11) is 0. The number of hydrogen-bond donors (Lipinski definition) is 0. The minimum atomic E-state index is 0.509. The SMILES string of the molecule is N#CCC1CCCCN1CCN1CCOCC1. The fourth-order valence-corrected chi connectivity index (χ4v) is 2.79. The number of ether oxygens (including phenoxy) is 1. The monoisotopic (exact) mass is 237 g/mol. The van der Waals surface area contributed by atoms with Crippen LogP contribution in [0.4, 0.5) is 0 Å². The summed E-state index contributed by atoms with van der Waals surface area (Å²) in [6.45, 7) is 7.31. The van der Waals surface area contributed by atoms with Crippen LogP contribution in [0.15, 0.2) is 0 Å². The molecule has 2 heterocycles. The van der Waals surface area contributed by atoms with Crippen molar-refractivity contribution < 1.29 is 4.74 Å². The van der Waals surface area contributed by atoms with Crippen molar-refractivity contribution in [2.45, 2.75) is 31.7 Å². The van der Waals surface area contributed by atoms with Crippen molar-refractivity contribution in [3.05, 3.63) is 0 Å². The van der Waals surface area contributed by atoms with E-state index in [2.05, 4.69) is 15.9 Å². The molecule has 4 nitrogen and oxygen atoms in total. The molecule has 0 spiro atoms. The third kappa shape index (κ3) is 3.95. The van der Waals surface area contributed by atoms with Crippen LogP contribution < -0.4 is 0 Å². The fourth-order valence-electron chi connectivity index (χ4n) is 2.79. The Morgan fingerprint density at radius 1 is 1.12 bits per heavy atom. The van der Waals surface area contributed by atoms with Gasteiger partial charge in [-0.1, -0.05) is 6.42 Å². The lowest BCUT2D eigenvalue weighted by Gasteiger charge is -2.36. The molecule has 2 fully saturated rings. The molecule has 2 rings (SSSR count). The van der Waals surface area contributed by atoms with Crippen molar-refractivity contribution >= 4 is 0 Å². The first-order chi connectivity index (χ1) is 8.40. The minimum absolute atomic E-state index is 0.509. The molecule has 0 amide bonds. The average Bonchev–Trinajstić information content (AvgIpc) is 2.39. The van der Waals surface area contributed by atoms with E-state index >= 15 is 0 Å². The number of piperidine rings is 1. The molecule has 1 atom stereocenters. The maximum Gasteiger partial charge on any atom is 0.0638 e. The molecule has 17 heavy (non-hydrogen) atoms. The van der Waals surface area contributed by atoms with Crippen LogP contribution >= 0.6 is 0 Å². The Hall–Kier alpha value is -0.630. The molecule has 0 aromatic rings. The zero-order valence-electron chi connectivity index (χ0n) is 10.6. The quantitative estimate of drug-likeness (QED) is 0.733. The van der Waals surface area contributed by atoms with Gasteiger partial charge in [-0.05, 0) is 19.4 Å². The van der Waals surface area contributed by atoms with Gasteiger partial charge in [-0.15, -0.1) is 0 Å². The molecular formula is C13H23N3O. The van der Waals surface area contributed by atoms with E-state index in [-0.39, 0.29) is 0 Å². The van der Waals surface area contributed by atoms with E-state index in [1.807, 2.05) is 0 Å². The van der Waals surface area contributed by atoms with Crippen molar-refractivity contribution in [2.24, 2.45) is 0 Å². The van der Waals surface area contributed by atoms with Gasteiger partial charge in [0.2, 0.25) is 0 Å². The molecule has 1 unspecified atom stereocenters. The Morgan fingerprint density at radius 3 is 2.71 bits per heavy atom. The number of nitrogens with zero attached hydrogens (tertiary/aromatic N) is 3. The van der Waals surface area contributed by atoms with E-state index in [9.17, 15) is 0 Å². The molecule has 0 bridgehead atoms. The van der Waals surface area contributed by atoms with E-state index in [0.29, 0.717) is 12.5 Å². The normalized spacial score (nSPS) is 27.8. The number of rotatable bonds is 4. The van der Waals surface area contributed by atoms with E-state index in [1.165, 1.54) is 25.8 Å². The van der Waals surface area contributed by atoms with Crippen LogP contribution in [0.5, 0.6) is 0 Å². The summed E-state index contributed by atoms with van der Waals surface area (Å²) in [6, 6.07) is 2.84. The maximum absolute atomic E-state index is 8.85. The van der Waals surface area contributed by atoms with Gasteiger partial charge in [-0.25, -0.2) is 0 Å². The first kappa shape index (κ1) is 12.8. The lowest BCUT2D eigenvalue weighted by atomic mass is 10.00. The fraction of sp³-hybridized carbons (Fsp3) is 0.923. The lowest BCUT2D eigenvalue weighted by molar-refractivity contribution is 0.0285. The highest BCUT2D eigenvalue weighted by molar-refractivity contribution is 4.85. The first-order valence-electron chi connectivity index (χ1n) is 6.81. The van der Waals surface area contributed by atoms with Gasteiger partial charge in [0.25, 0.3) is 0 Å². The van der Waals surface area contributed by atoms with Crippen molar-refractivity contribution in [2.75, 3.05) is 45.9 Å². The van der Waals surface area contributed by atoms with E-state index in [4.69, 9.17) is 10.00 Å². The van der Waals surface area contributed by atoms with E-state index in [1.54, 1.807) is 0 Å². The number of morpholine rings is 1. The van der Waals surface area contributed by atoms with Crippen molar-refractivity contribution in [3.8, 4) is 6.07 Å². The average molecular weight is 237 g/mol. The Kier molecular flexibility index (Phi) is 5.24. The zero-order chi connectivity index (χ0) is 11.9.